The van der Waals surface area contributed by atoms with Crippen molar-refractivity contribution < 1.29 is 27.4 Å². The van der Waals surface area contributed by atoms with E-state index in [1.165, 1.54) is 22.9 Å². The summed E-state index contributed by atoms with van der Waals surface area (Å²) in [7, 11) is -2.28. The Morgan fingerprint density at radius 1 is 0.976 bits per heavy atom. The lowest BCUT2D eigenvalue weighted by molar-refractivity contribution is 0.0692. The van der Waals surface area contributed by atoms with E-state index in [1.807, 2.05) is 30.3 Å². The first kappa shape index (κ1) is 28.7. The Kier molecular flexibility index (Phi) is 7.98. The second kappa shape index (κ2) is 11.7. The molecule has 1 heterocycles. The molecule has 222 valence electrons. The molecular weight excluding hydrogens is 555 g/mol. The molecule has 7 nitrogen and oxygen atoms in total. The van der Waals surface area contributed by atoms with E-state index in [2.05, 4.69) is 4.90 Å². The second-order valence-corrected chi connectivity index (χ2v) is 13.8. The van der Waals surface area contributed by atoms with Crippen LogP contribution in [0.25, 0.3) is 11.1 Å². The Morgan fingerprint density at radius 3 is 2.38 bits per heavy atom. The number of ether oxygens (including phenoxy) is 1. The first-order chi connectivity index (χ1) is 20.2. The zero-order valence-corrected chi connectivity index (χ0v) is 24.7. The highest BCUT2D eigenvalue weighted by Crippen LogP contribution is 2.46. The summed E-state index contributed by atoms with van der Waals surface area (Å²) in [6.07, 6.45) is 8.61. The van der Waals surface area contributed by atoms with Crippen LogP contribution >= 0.6 is 0 Å². The Hall–Kier alpha value is -3.43. The van der Waals surface area contributed by atoms with Crippen molar-refractivity contribution in [3.63, 3.8) is 0 Å². The van der Waals surface area contributed by atoms with E-state index < -0.39 is 27.4 Å². The van der Waals surface area contributed by atoms with Gasteiger partial charge in [-0.15, -0.1) is 0 Å². The fraction of sp³-hybridized carbons (Fsp3) is 0.424. The van der Waals surface area contributed by atoms with Gasteiger partial charge in [0, 0.05) is 37.0 Å². The molecule has 9 heteroatoms. The average Bonchev–Trinajstić information content (AvgIpc) is 3.05. The van der Waals surface area contributed by atoms with E-state index in [0.29, 0.717) is 41.6 Å². The number of carboxylic acid groups (broad SMARTS) is 1. The fourth-order valence-corrected chi connectivity index (χ4v) is 8.19. The monoisotopic (exact) mass is 592 g/mol. The van der Waals surface area contributed by atoms with Crippen LogP contribution in [0.5, 0.6) is 5.75 Å². The van der Waals surface area contributed by atoms with Crippen LogP contribution in [0.3, 0.4) is 0 Å². The maximum absolute atomic E-state index is 14.4. The van der Waals surface area contributed by atoms with E-state index in [1.54, 1.807) is 19.2 Å². The van der Waals surface area contributed by atoms with Gasteiger partial charge < -0.3 is 14.7 Å². The second-order valence-electron chi connectivity index (χ2n) is 11.9. The van der Waals surface area contributed by atoms with Gasteiger partial charge in [0.25, 0.3) is 0 Å². The van der Waals surface area contributed by atoms with Gasteiger partial charge >= 0.3 is 5.97 Å². The normalized spacial score (nSPS) is 21.3. The molecule has 0 aromatic heterocycles. The van der Waals surface area contributed by atoms with Gasteiger partial charge in [-0.3, -0.25) is 0 Å². The lowest BCUT2D eigenvalue weighted by atomic mass is 9.83. The predicted molar refractivity (Wildman–Crippen MR) is 160 cm³/mol. The lowest BCUT2D eigenvalue weighted by Gasteiger charge is -2.36. The molecule has 3 aromatic carbocycles. The number of carbonyl (C=O) groups is 1. The largest absolute Gasteiger partial charge is 0.493 e. The van der Waals surface area contributed by atoms with Crippen LogP contribution in [0.4, 0.5) is 15.8 Å². The third-order valence-electron chi connectivity index (χ3n) is 9.31. The van der Waals surface area contributed by atoms with Crippen LogP contribution in [0.15, 0.2) is 65.6 Å². The van der Waals surface area contributed by atoms with Gasteiger partial charge in [-0.25, -0.2) is 17.6 Å². The highest BCUT2D eigenvalue weighted by molar-refractivity contribution is 7.89. The number of nitrogens with zero attached hydrogens (tertiary/aromatic N) is 2. The predicted octanol–water partition coefficient (Wildman–Crippen LogP) is 7.09. The highest BCUT2D eigenvalue weighted by Gasteiger charge is 2.41. The Morgan fingerprint density at radius 2 is 1.71 bits per heavy atom. The summed E-state index contributed by atoms with van der Waals surface area (Å²) in [5, 5.41) is 9.60. The minimum Gasteiger partial charge on any atom is -0.493 e. The van der Waals surface area contributed by atoms with Crippen LogP contribution in [0, 0.1) is 17.7 Å². The molecule has 42 heavy (non-hydrogen) atoms. The van der Waals surface area contributed by atoms with Crippen LogP contribution in [-0.4, -0.2) is 50.0 Å². The summed E-state index contributed by atoms with van der Waals surface area (Å²) in [5.74, 6) is -1.13. The number of carboxylic acids is 1. The highest BCUT2D eigenvalue weighted by atomic mass is 32.2. The maximum Gasteiger partial charge on any atom is 0.338 e. The van der Waals surface area contributed by atoms with Gasteiger partial charge in [0.15, 0.2) is 0 Å². The molecule has 0 unspecified atom stereocenters. The fourth-order valence-electron chi connectivity index (χ4n) is 6.59. The van der Waals surface area contributed by atoms with E-state index in [4.69, 9.17) is 4.74 Å². The zero-order chi connectivity index (χ0) is 29.4. The van der Waals surface area contributed by atoms with Crippen molar-refractivity contribution in [2.45, 2.75) is 62.3 Å². The molecule has 3 aliphatic rings. The molecule has 1 N–H and O–H groups in total. The van der Waals surface area contributed by atoms with Crippen molar-refractivity contribution >= 4 is 27.4 Å². The molecule has 1 atom stereocenters. The van der Waals surface area contributed by atoms with Crippen LogP contribution in [-0.2, 0) is 10.0 Å². The SMILES string of the molecule is CN1[C@H](C2CCCCC2)CN(c2ccccc2)c2cc(OCC3CCC3)c(-c3ccc(F)c(C(=O)O)c3)cc2S1(=O)=O. The van der Waals surface area contributed by atoms with Crippen LogP contribution < -0.4 is 9.64 Å². The molecule has 1 aliphatic heterocycles. The van der Waals surface area contributed by atoms with Crippen LogP contribution in [0.1, 0.15) is 61.7 Å². The molecule has 2 fully saturated rings. The number of hydrogen-bond acceptors (Lipinski definition) is 5. The van der Waals surface area contributed by atoms with Gasteiger partial charge in [-0.2, -0.15) is 4.31 Å². The standard InChI is InChI=1S/C33H37FN2O5S/c1-35-30(23-11-4-2-5-12-23)20-36(25-13-6-3-7-14-25)29-19-31(41-21-22-9-8-10-22)26(18-32(29)42(35,39)40)24-15-16-28(34)27(17-24)33(37)38/h3,6-7,13-19,22-23,30H,2,4-5,8-12,20-21H2,1H3,(H,37,38)/t30-/m0/s1. The minimum absolute atomic E-state index is 0.124. The van der Waals surface area contributed by atoms with Gasteiger partial charge in [0.1, 0.15) is 16.5 Å². The van der Waals surface area contributed by atoms with Crippen LogP contribution in [0.2, 0.25) is 0 Å². The number of fused-ring (bicyclic) bond motifs is 1. The van der Waals surface area contributed by atoms with Crippen molar-refractivity contribution in [2.24, 2.45) is 11.8 Å². The molecule has 0 bridgehead atoms. The lowest BCUT2D eigenvalue weighted by Crippen LogP contribution is -2.46. The summed E-state index contributed by atoms with van der Waals surface area (Å²) >= 11 is 0. The number of anilines is 2. The number of aromatic carboxylic acids is 1. The third kappa shape index (κ3) is 5.40. The zero-order valence-electron chi connectivity index (χ0n) is 23.8. The number of sulfonamides is 1. The van der Waals surface area contributed by atoms with Gasteiger partial charge in [-0.05, 0) is 73.4 Å². The molecule has 2 aliphatic carbocycles. The van der Waals surface area contributed by atoms with Gasteiger partial charge in [0.05, 0.1) is 17.9 Å². The topological polar surface area (TPSA) is 87.2 Å². The van der Waals surface area contributed by atoms with Gasteiger partial charge in [0.2, 0.25) is 10.0 Å². The minimum atomic E-state index is -3.96. The molecule has 2 saturated carbocycles. The van der Waals surface area contributed by atoms with Crippen molar-refractivity contribution in [3.8, 4) is 16.9 Å². The van der Waals surface area contributed by atoms with Crippen molar-refractivity contribution in [2.75, 3.05) is 25.1 Å². The quantitative estimate of drug-likeness (QED) is 0.315. The number of rotatable bonds is 7. The molecule has 3 aromatic rings. The van der Waals surface area contributed by atoms with Crippen molar-refractivity contribution in [1.82, 2.24) is 4.31 Å². The summed E-state index contributed by atoms with van der Waals surface area (Å²) in [6.45, 7) is 0.972. The number of benzene rings is 3. The van der Waals surface area contributed by atoms with E-state index >= 15 is 0 Å². The average molecular weight is 593 g/mol. The molecule has 0 amide bonds. The number of likely N-dealkylation sites (N-methyl/N-ethyl adjacent to an activating group) is 1. The number of hydrogen-bond donors (Lipinski definition) is 1. The molecular formula is C33H37FN2O5S. The van der Waals surface area contributed by atoms with E-state index in [9.17, 15) is 22.7 Å². The van der Waals surface area contributed by atoms with Crippen molar-refractivity contribution in [3.05, 3.63) is 72.0 Å². The Labute approximate surface area is 247 Å². The first-order valence-electron chi connectivity index (χ1n) is 14.9. The summed E-state index contributed by atoms with van der Waals surface area (Å²) < 4.78 is 51.1. The molecule has 0 saturated heterocycles. The molecule has 0 spiro atoms. The van der Waals surface area contributed by atoms with E-state index in [0.717, 1.165) is 56.7 Å². The summed E-state index contributed by atoms with van der Waals surface area (Å²) in [6, 6.07) is 16.8. The van der Waals surface area contributed by atoms with E-state index in [-0.39, 0.29) is 16.9 Å². The number of para-hydroxylation sites is 1. The Bertz CT molecular complexity index is 1570. The Balaban J connectivity index is 1.55. The molecule has 6 rings (SSSR count). The first-order valence-corrected chi connectivity index (χ1v) is 16.3. The van der Waals surface area contributed by atoms with Crippen molar-refractivity contribution in [1.29, 1.82) is 0 Å². The van der Waals surface area contributed by atoms with Gasteiger partial charge in [-0.1, -0.05) is 49.9 Å². The summed E-state index contributed by atoms with van der Waals surface area (Å²) in [4.78, 5) is 14.0. The molecule has 0 radical (unpaired) electrons. The third-order valence-corrected chi connectivity index (χ3v) is 11.2. The smallest absolute Gasteiger partial charge is 0.338 e. The maximum atomic E-state index is 14.4. The summed E-state index contributed by atoms with van der Waals surface area (Å²) in [5.41, 5.74) is 1.75. The number of halogens is 1.